The average Bonchev–Trinajstić information content (AvgIpc) is 2.21. The monoisotopic (exact) mass is 206 g/mol. The van der Waals surface area contributed by atoms with Crippen molar-refractivity contribution in [3.05, 3.63) is 29.8 Å². The van der Waals surface area contributed by atoms with Crippen molar-refractivity contribution >= 4 is 0 Å². The summed E-state index contributed by atoms with van der Waals surface area (Å²) in [5.74, 6) is 1.90. The maximum Gasteiger partial charge on any atom is 0.115 e. The third-order valence-electron chi connectivity index (χ3n) is 3.02. The predicted octanol–water partition coefficient (Wildman–Crippen LogP) is 4.01. The lowest BCUT2D eigenvalue weighted by atomic mass is 9.90. The molecular weight excluding hydrogens is 184 g/mol. The first-order valence-electron chi connectivity index (χ1n) is 5.89. The molecular formula is C14H22O. The van der Waals surface area contributed by atoms with Crippen LogP contribution in [0.4, 0.5) is 0 Å². The largest absolute Gasteiger partial charge is 0.508 e. The Labute approximate surface area is 93.1 Å². The fourth-order valence-electron chi connectivity index (χ4n) is 1.97. The highest BCUT2D eigenvalue weighted by Crippen LogP contribution is 2.20. The van der Waals surface area contributed by atoms with Gasteiger partial charge in [-0.2, -0.15) is 0 Å². The molecule has 1 aromatic carbocycles. The Hall–Kier alpha value is -0.980. The first kappa shape index (κ1) is 12.1. The second-order valence-corrected chi connectivity index (χ2v) is 4.72. The van der Waals surface area contributed by atoms with Gasteiger partial charge >= 0.3 is 0 Å². The van der Waals surface area contributed by atoms with Crippen LogP contribution in [0.25, 0.3) is 0 Å². The van der Waals surface area contributed by atoms with E-state index in [1.807, 2.05) is 12.1 Å². The summed E-state index contributed by atoms with van der Waals surface area (Å²) in [6.45, 7) is 6.87. The van der Waals surface area contributed by atoms with E-state index in [1.165, 1.54) is 18.4 Å². The fraction of sp³-hybridized carbons (Fsp3) is 0.571. The van der Waals surface area contributed by atoms with Gasteiger partial charge in [0.2, 0.25) is 0 Å². The van der Waals surface area contributed by atoms with Crippen molar-refractivity contribution in [2.75, 3.05) is 0 Å². The third-order valence-corrected chi connectivity index (χ3v) is 3.02. The Morgan fingerprint density at radius 3 is 2.20 bits per heavy atom. The predicted molar refractivity (Wildman–Crippen MR) is 65.0 cm³/mol. The number of phenols is 1. The van der Waals surface area contributed by atoms with Crippen molar-refractivity contribution in [3.63, 3.8) is 0 Å². The number of hydrogen-bond acceptors (Lipinski definition) is 1. The molecule has 0 amide bonds. The van der Waals surface area contributed by atoms with Crippen LogP contribution < -0.4 is 0 Å². The zero-order chi connectivity index (χ0) is 11.3. The lowest BCUT2D eigenvalue weighted by Crippen LogP contribution is -2.05. The number of aromatic hydroxyl groups is 1. The van der Waals surface area contributed by atoms with E-state index in [4.69, 9.17) is 0 Å². The third kappa shape index (κ3) is 4.37. The Bertz CT molecular complexity index is 276. The SMILES string of the molecule is CCC(C)CC(C)Cc1ccc(O)cc1. The van der Waals surface area contributed by atoms with Gasteiger partial charge < -0.3 is 5.11 Å². The molecule has 0 radical (unpaired) electrons. The summed E-state index contributed by atoms with van der Waals surface area (Å²) in [6.07, 6.45) is 3.67. The highest BCUT2D eigenvalue weighted by atomic mass is 16.3. The Kier molecular flexibility index (Phi) is 4.67. The summed E-state index contributed by atoms with van der Waals surface area (Å²) in [4.78, 5) is 0. The standard InChI is InChI=1S/C14H22O/c1-4-11(2)9-12(3)10-13-5-7-14(15)8-6-13/h5-8,11-12,15H,4,9-10H2,1-3H3. The van der Waals surface area contributed by atoms with Crippen LogP contribution in [0, 0.1) is 11.8 Å². The Morgan fingerprint density at radius 1 is 1.07 bits per heavy atom. The molecule has 0 aliphatic carbocycles. The van der Waals surface area contributed by atoms with E-state index in [1.54, 1.807) is 12.1 Å². The van der Waals surface area contributed by atoms with Crippen LogP contribution in [-0.2, 0) is 6.42 Å². The van der Waals surface area contributed by atoms with Crippen molar-refractivity contribution in [1.29, 1.82) is 0 Å². The van der Waals surface area contributed by atoms with Crippen LogP contribution in [0.1, 0.15) is 39.2 Å². The fourth-order valence-corrected chi connectivity index (χ4v) is 1.97. The molecule has 0 saturated heterocycles. The molecule has 0 bridgehead atoms. The highest BCUT2D eigenvalue weighted by Gasteiger charge is 2.07. The quantitative estimate of drug-likeness (QED) is 0.771. The molecule has 1 rings (SSSR count). The van der Waals surface area contributed by atoms with Gasteiger partial charge in [-0.05, 0) is 42.4 Å². The summed E-state index contributed by atoms with van der Waals surface area (Å²) >= 11 is 0. The highest BCUT2D eigenvalue weighted by molar-refractivity contribution is 5.26. The Balaban J connectivity index is 2.44. The molecule has 0 saturated carbocycles. The van der Waals surface area contributed by atoms with Gasteiger partial charge in [0.05, 0.1) is 0 Å². The van der Waals surface area contributed by atoms with E-state index in [9.17, 15) is 5.11 Å². The molecule has 0 aromatic heterocycles. The van der Waals surface area contributed by atoms with Gasteiger partial charge in [0.15, 0.2) is 0 Å². The lowest BCUT2D eigenvalue weighted by molar-refractivity contribution is 0.404. The molecule has 1 N–H and O–H groups in total. The molecule has 2 unspecified atom stereocenters. The summed E-state index contributed by atoms with van der Waals surface area (Å²) in [5, 5.41) is 9.17. The van der Waals surface area contributed by atoms with Crippen LogP contribution in [0.15, 0.2) is 24.3 Å². The summed E-state index contributed by atoms with van der Waals surface area (Å²) in [6, 6.07) is 7.57. The number of benzene rings is 1. The first-order valence-corrected chi connectivity index (χ1v) is 5.89. The maximum absolute atomic E-state index is 9.17. The van der Waals surface area contributed by atoms with E-state index < -0.39 is 0 Å². The molecule has 1 heteroatoms. The van der Waals surface area contributed by atoms with Gasteiger partial charge in [-0.3, -0.25) is 0 Å². The molecule has 84 valence electrons. The smallest absolute Gasteiger partial charge is 0.115 e. The molecule has 15 heavy (non-hydrogen) atoms. The van der Waals surface area contributed by atoms with Crippen molar-refractivity contribution in [3.8, 4) is 5.75 Å². The maximum atomic E-state index is 9.17. The summed E-state index contributed by atoms with van der Waals surface area (Å²) in [5.41, 5.74) is 1.32. The van der Waals surface area contributed by atoms with Crippen molar-refractivity contribution in [2.45, 2.75) is 40.0 Å². The lowest BCUT2D eigenvalue weighted by Gasteiger charge is -2.15. The molecule has 0 aliphatic heterocycles. The van der Waals surface area contributed by atoms with Crippen molar-refractivity contribution in [2.24, 2.45) is 11.8 Å². The molecule has 0 aliphatic rings. The molecule has 0 spiro atoms. The zero-order valence-corrected chi connectivity index (χ0v) is 10.0. The van der Waals surface area contributed by atoms with Crippen LogP contribution in [-0.4, -0.2) is 5.11 Å². The van der Waals surface area contributed by atoms with E-state index in [2.05, 4.69) is 20.8 Å². The number of phenolic OH excluding ortho intramolecular Hbond substituents is 1. The van der Waals surface area contributed by atoms with Crippen LogP contribution >= 0.6 is 0 Å². The second kappa shape index (κ2) is 5.79. The molecule has 2 atom stereocenters. The van der Waals surface area contributed by atoms with Gasteiger partial charge in [0.1, 0.15) is 5.75 Å². The van der Waals surface area contributed by atoms with Gasteiger partial charge in [-0.25, -0.2) is 0 Å². The molecule has 0 heterocycles. The van der Waals surface area contributed by atoms with E-state index in [0.717, 1.165) is 18.3 Å². The van der Waals surface area contributed by atoms with Crippen molar-refractivity contribution in [1.82, 2.24) is 0 Å². The van der Waals surface area contributed by atoms with E-state index in [0.29, 0.717) is 5.75 Å². The van der Waals surface area contributed by atoms with Crippen LogP contribution in [0.3, 0.4) is 0 Å². The molecule has 1 nitrogen and oxygen atoms in total. The molecule has 0 fully saturated rings. The first-order chi connectivity index (χ1) is 7.11. The average molecular weight is 206 g/mol. The minimum absolute atomic E-state index is 0.355. The van der Waals surface area contributed by atoms with E-state index >= 15 is 0 Å². The van der Waals surface area contributed by atoms with Crippen LogP contribution in [0.2, 0.25) is 0 Å². The Morgan fingerprint density at radius 2 is 1.67 bits per heavy atom. The number of rotatable bonds is 5. The van der Waals surface area contributed by atoms with Gasteiger partial charge in [-0.1, -0.05) is 39.3 Å². The summed E-state index contributed by atoms with van der Waals surface area (Å²) in [7, 11) is 0. The number of hydrogen-bond donors (Lipinski definition) is 1. The molecule has 1 aromatic rings. The van der Waals surface area contributed by atoms with Crippen LogP contribution in [0.5, 0.6) is 5.75 Å². The van der Waals surface area contributed by atoms with Gasteiger partial charge in [-0.15, -0.1) is 0 Å². The minimum Gasteiger partial charge on any atom is -0.508 e. The van der Waals surface area contributed by atoms with Crippen molar-refractivity contribution < 1.29 is 5.11 Å². The van der Waals surface area contributed by atoms with Gasteiger partial charge in [0, 0.05) is 0 Å². The normalized spacial score (nSPS) is 14.9. The zero-order valence-electron chi connectivity index (χ0n) is 10.0. The minimum atomic E-state index is 0.355. The van der Waals surface area contributed by atoms with Gasteiger partial charge in [0.25, 0.3) is 0 Å². The topological polar surface area (TPSA) is 20.2 Å². The second-order valence-electron chi connectivity index (χ2n) is 4.72. The summed E-state index contributed by atoms with van der Waals surface area (Å²) < 4.78 is 0. The van der Waals surface area contributed by atoms with E-state index in [-0.39, 0.29) is 0 Å².